The van der Waals surface area contributed by atoms with E-state index in [1.165, 1.54) is 5.56 Å². The van der Waals surface area contributed by atoms with Gasteiger partial charge in [0.1, 0.15) is 18.5 Å². The van der Waals surface area contributed by atoms with Crippen molar-refractivity contribution in [1.82, 2.24) is 4.90 Å². The summed E-state index contributed by atoms with van der Waals surface area (Å²) in [6.07, 6.45) is -0.630. The molecule has 0 aliphatic heterocycles. The van der Waals surface area contributed by atoms with Crippen molar-refractivity contribution in [3.8, 4) is 5.75 Å². The number of ether oxygens (including phenoxy) is 1. The lowest BCUT2D eigenvalue weighted by molar-refractivity contribution is 0.0584. The van der Waals surface area contributed by atoms with Gasteiger partial charge in [-0.25, -0.2) is 0 Å². The fourth-order valence-corrected chi connectivity index (χ4v) is 3.11. The number of aliphatic hydroxyl groups excluding tert-OH is 2. The van der Waals surface area contributed by atoms with Gasteiger partial charge in [0.25, 0.3) is 0 Å². The molecule has 5 heteroatoms. The van der Waals surface area contributed by atoms with Gasteiger partial charge in [0.05, 0.1) is 6.61 Å². The van der Waals surface area contributed by atoms with E-state index >= 15 is 0 Å². The molecule has 0 bridgehead atoms. The van der Waals surface area contributed by atoms with Crippen molar-refractivity contribution in [3.05, 3.63) is 65.2 Å². The topological polar surface area (TPSA) is 52.9 Å². The number of aryl methyl sites for hydroxylation is 1. The van der Waals surface area contributed by atoms with Gasteiger partial charge in [0.15, 0.2) is 0 Å². The fourth-order valence-electron chi connectivity index (χ4n) is 3.11. The molecule has 4 nitrogen and oxygen atoms in total. The second kappa shape index (κ2) is 11.4. The summed E-state index contributed by atoms with van der Waals surface area (Å²) in [4.78, 5) is 2.04. The summed E-state index contributed by atoms with van der Waals surface area (Å²) in [5.74, 6) is 0.823. The van der Waals surface area contributed by atoms with Gasteiger partial charge >= 0.3 is 0 Å². The van der Waals surface area contributed by atoms with Crippen LogP contribution in [0, 0.1) is 6.92 Å². The molecule has 156 valence electrons. The monoisotopic (exact) mass is 407 g/mol. The molecule has 2 N–H and O–H groups in total. The molecule has 2 aromatic rings. The summed E-state index contributed by atoms with van der Waals surface area (Å²) >= 11 is 0. The number of nitrogens with zero attached hydrogens (tertiary/aromatic N) is 1. The summed E-state index contributed by atoms with van der Waals surface area (Å²) in [6, 6.07) is 16.2. The lowest BCUT2D eigenvalue weighted by Crippen LogP contribution is -2.37. The first-order chi connectivity index (χ1) is 12.8. The molecule has 0 heterocycles. The van der Waals surface area contributed by atoms with Crippen molar-refractivity contribution < 1.29 is 14.9 Å². The zero-order chi connectivity index (χ0) is 19.9. The molecular weight excluding hydrogens is 374 g/mol. The van der Waals surface area contributed by atoms with E-state index in [9.17, 15) is 10.2 Å². The van der Waals surface area contributed by atoms with Gasteiger partial charge in [-0.15, -0.1) is 12.4 Å². The Morgan fingerprint density at radius 3 is 2.36 bits per heavy atom. The Labute approximate surface area is 175 Å². The highest BCUT2D eigenvalue weighted by Crippen LogP contribution is 2.32. The van der Waals surface area contributed by atoms with Crippen molar-refractivity contribution in [2.24, 2.45) is 0 Å². The van der Waals surface area contributed by atoms with E-state index in [4.69, 9.17) is 4.74 Å². The van der Waals surface area contributed by atoms with Crippen LogP contribution < -0.4 is 4.74 Å². The molecule has 0 aromatic heterocycles. The van der Waals surface area contributed by atoms with Crippen molar-refractivity contribution in [2.75, 3.05) is 26.3 Å². The zero-order valence-electron chi connectivity index (χ0n) is 17.4. The number of halogens is 1. The molecule has 0 saturated heterocycles. The largest absolute Gasteiger partial charge is 0.491 e. The Kier molecular flexibility index (Phi) is 9.97. The van der Waals surface area contributed by atoms with E-state index in [0.29, 0.717) is 19.6 Å². The predicted molar refractivity (Wildman–Crippen MR) is 117 cm³/mol. The molecule has 2 aromatic carbocycles. The summed E-state index contributed by atoms with van der Waals surface area (Å²) in [7, 11) is 0. The van der Waals surface area contributed by atoms with Gasteiger partial charge in [-0.05, 0) is 29.5 Å². The molecule has 2 rings (SSSR count). The smallest absolute Gasteiger partial charge is 0.123 e. The number of benzene rings is 2. The Balaban J connectivity index is 0.00000392. The first kappa shape index (κ1) is 24.4. The van der Waals surface area contributed by atoms with Crippen LogP contribution in [0.2, 0.25) is 0 Å². The zero-order valence-corrected chi connectivity index (χ0v) is 18.2. The van der Waals surface area contributed by atoms with Crippen molar-refractivity contribution >= 4 is 12.4 Å². The van der Waals surface area contributed by atoms with E-state index in [0.717, 1.165) is 16.9 Å². The normalized spacial score (nSPS) is 12.5. The van der Waals surface area contributed by atoms with E-state index < -0.39 is 6.10 Å². The van der Waals surface area contributed by atoms with Gasteiger partial charge in [0, 0.05) is 19.6 Å². The first-order valence-electron chi connectivity index (χ1n) is 9.58. The van der Waals surface area contributed by atoms with Gasteiger partial charge in [-0.3, -0.25) is 4.90 Å². The Bertz CT molecular complexity index is 701. The maximum absolute atomic E-state index is 10.5. The minimum absolute atomic E-state index is 0. The van der Waals surface area contributed by atoms with Gasteiger partial charge in [0.2, 0.25) is 0 Å². The van der Waals surface area contributed by atoms with Crippen LogP contribution >= 0.6 is 12.4 Å². The maximum atomic E-state index is 10.5. The van der Waals surface area contributed by atoms with Crippen LogP contribution in [0.5, 0.6) is 5.75 Å². The molecule has 0 fully saturated rings. The number of aliphatic hydroxyl groups is 2. The third kappa shape index (κ3) is 7.80. The predicted octanol–water partition coefficient (Wildman–Crippen LogP) is 3.95. The highest BCUT2D eigenvalue weighted by molar-refractivity contribution is 5.85. The molecule has 0 aliphatic carbocycles. The highest BCUT2D eigenvalue weighted by atomic mass is 35.5. The van der Waals surface area contributed by atoms with Crippen LogP contribution in [0.1, 0.15) is 37.5 Å². The quantitative estimate of drug-likeness (QED) is 0.660. The summed E-state index contributed by atoms with van der Waals surface area (Å²) < 4.78 is 5.97. The summed E-state index contributed by atoms with van der Waals surface area (Å²) in [5, 5.41) is 19.8. The third-order valence-corrected chi connectivity index (χ3v) is 4.51. The van der Waals surface area contributed by atoms with Crippen molar-refractivity contribution in [2.45, 2.75) is 45.8 Å². The van der Waals surface area contributed by atoms with E-state index in [2.05, 4.69) is 45.9 Å². The standard InChI is InChI=1S/C23H33NO3.ClH/c1-18-10-11-22(21(14-18)23(2,3)4)27-17-20(26)16-24(12-13-25)15-19-8-6-5-7-9-19;/h5-11,14,20,25-26H,12-13,15-17H2,1-4H3;1H. The second-order valence-electron chi connectivity index (χ2n) is 8.16. The minimum Gasteiger partial charge on any atom is -0.491 e. The lowest BCUT2D eigenvalue weighted by Gasteiger charge is -2.26. The number of rotatable bonds is 9. The SMILES string of the molecule is Cc1ccc(OCC(O)CN(CCO)Cc2ccccc2)c(C(C)(C)C)c1.Cl. The van der Waals surface area contributed by atoms with Crippen LogP contribution in [0.4, 0.5) is 0 Å². The molecule has 0 aliphatic rings. The number of hydrogen-bond acceptors (Lipinski definition) is 4. The van der Waals surface area contributed by atoms with Gasteiger partial charge < -0.3 is 14.9 Å². The Hall–Kier alpha value is -1.59. The molecule has 0 amide bonds. The molecule has 28 heavy (non-hydrogen) atoms. The van der Waals surface area contributed by atoms with Crippen molar-refractivity contribution in [3.63, 3.8) is 0 Å². The van der Waals surface area contributed by atoms with Crippen LogP contribution in [-0.4, -0.2) is 47.5 Å². The van der Waals surface area contributed by atoms with Crippen LogP contribution in [-0.2, 0) is 12.0 Å². The van der Waals surface area contributed by atoms with Crippen LogP contribution in [0.15, 0.2) is 48.5 Å². The Morgan fingerprint density at radius 1 is 1.07 bits per heavy atom. The van der Waals surface area contributed by atoms with Crippen LogP contribution in [0.25, 0.3) is 0 Å². The van der Waals surface area contributed by atoms with Gasteiger partial charge in [-0.2, -0.15) is 0 Å². The van der Waals surface area contributed by atoms with E-state index in [1.54, 1.807) is 0 Å². The second-order valence-corrected chi connectivity index (χ2v) is 8.16. The third-order valence-electron chi connectivity index (χ3n) is 4.51. The maximum Gasteiger partial charge on any atom is 0.123 e. The molecular formula is C23H34ClNO3. The molecule has 1 atom stereocenters. The Morgan fingerprint density at radius 2 is 1.75 bits per heavy atom. The number of hydrogen-bond donors (Lipinski definition) is 2. The van der Waals surface area contributed by atoms with Crippen molar-refractivity contribution in [1.29, 1.82) is 0 Å². The molecule has 0 radical (unpaired) electrons. The molecule has 0 saturated carbocycles. The average molecular weight is 408 g/mol. The minimum atomic E-state index is -0.630. The average Bonchev–Trinajstić information content (AvgIpc) is 2.61. The molecule has 1 unspecified atom stereocenters. The summed E-state index contributed by atoms with van der Waals surface area (Å²) in [6.45, 7) is 10.5. The fraction of sp³-hybridized carbons (Fsp3) is 0.478. The van der Waals surface area contributed by atoms with Gasteiger partial charge in [-0.1, -0.05) is 68.8 Å². The summed E-state index contributed by atoms with van der Waals surface area (Å²) in [5.41, 5.74) is 3.48. The lowest BCUT2D eigenvalue weighted by atomic mass is 9.85. The van der Waals surface area contributed by atoms with E-state index in [-0.39, 0.29) is 31.0 Å². The first-order valence-corrected chi connectivity index (χ1v) is 9.58. The molecule has 0 spiro atoms. The van der Waals surface area contributed by atoms with E-state index in [1.807, 2.05) is 35.2 Å². The highest BCUT2D eigenvalue weighted by Gasteiger charge is 2.20. The van der Waals surface area contributed by atoms with Crippen LogP contribution in [0.3, 0.4) is 0 Å².